The molecule has 178 valence electrons. The molecule has 0 aliphatic heterocycles. The third kappa shape index (κ3) is 9.81. The molecular weight excluding hydrogens is 444 g/mol. The third-order valence-corrected chi connectivity index (χ3v) is 6.36. The van der Waals surface area contributed by atoms with Gasteiger partial charge in [-0.2, -0.15) is 0 Å². The van der Waals surface area contributed by atoms with Crippen LogP contribution in [0.5, 0.6) is 5.75 Å². The van der Waals surface area contributed by atoms with Gasteiger partial charge in [-0.1, -0.05) is 19.9 Å². The molecule has 32 heavy (non-hydrogen) atoms. The molecule has 0 aliphatic carbocycles. The molecule has 0 saturated heterocycles. The van der Waals surface area contributed by atoms with Crippen molar-refractivity contribution in [1.29, 1.82) is 0 Å². The van der Waals surface area contributed by atoms with Crippen LogP contribution >= 0.6 is 23.3 Å². The molecule has 0 aliphatic rings. The summed E-state index contributed by atoms with van der Waals surface area (Å²) in [5, 5.41) is 16.0. The normalized spacial score (nSPS) is 13.8. The molecule has 2 rings (SSSR count). The Kier molecular flexibility index (Phi) is 10.3. The van der Waals surface area contributed by atoms with E-state index in [0.29, 0.717) is 18.9 Å². The third-order valence-electron chi connectivity index (χ3n) is 4.42. The first-order chi connectivity index (χ1) is 15.1. The van der Waals surface area contributed by atoms with Crippen LogP contribution in [0.2, 0.25) is 0 Å². The van der Waals surface area contributed by atoms with E-state index in [9.17, 15) is 9.90 Å². The zero-order chi connectivity index (χ0) is 23.7. The number of hydrogen-bond acceptors (Lipinski definition) is 7. The second-order valence-corrected chi connectivity index (χ2v) is 11.3. The maximum atomic E-state index is 12.4. The summed E-state index contributed by atoms with van der Waals surface area (Å²) in [6.45, 7) is 11.0. The van der Waals surface area contributed by atoms with Gasteiger partial charge < -0.3 is 19.9 Å². The van der Waals surface area contributed by atoms with E-state index in [-0.39, 0.29) is 0 Å². The Morgan fingerprint density at radius 2 is 1.88 bits per heavy atom. The van der Waals surface area contributed by atoms with Crippen molar-refractivity contribution < 1.29 is 19.4 Å². The highest BCUT2D eigenvalue weighted by molar-refractivity contribution is 7.97. The summed E-state index contributed by atoms with van der Waals surface area (Å²) >= 11 is 3.21. The topological polar surface area (TPSA) is 71.0 Å². The Hall–Kier alpha value is -1.74. The van der Waals surface area contributed by atoms with Crippen LogP contribution in [0.4, 0.5) is 4.79 Å². The lowest BCUT2D eigenvalue weighted by Gasteiger charge is -2.31. The highest BCUT2D eigenvalue weighted by atomic mass is 32.2. The van der Waals surface area contributed by atoms with E-state index in [0.717, 1.165) is 22.1 Å². The zero-order valence-corrected chi connectivity index (χ0v) is 21.5. The van der Waals surface area contributed by atoms with E-state index in [2.05, 4.69) is 23.5 Å². The lowest BCUT2D eigenvalue weighted by molar-refractivity contribution is 0.0403. The van der Waals surface area contributed by atoms with Gasteiger partial charge in [0.1, 0.15) is 11.4 Å². The number of carbonyl (C=O) groups excluding carboxylic acids is 1. The standard InChI is InChI=1S/C24H36N2O4S2/c1-17(2)15-26(32-19-11-9-18(29-6)10-12-19)16-22(27)21(14-20-8-7-13-31-20)25-23(28)30-24(3,4)5/h7-13,17,21-22,27H,14-16H2,1-6H3,(H,25,28). The number of rotatable bonds is 11. The minimum atomic E-state index is -0.769. The predicted octanol–water partition coefficient (Wildman–Crippen LogP) is 5.22. The van der Waals surface area contributed by atoms with Gasteiger partial charge in [-0.3, -0.25) is 0 Å². The Bertz CT molecular complexity index is 804. The maximum absolute atomic E-state index is 12.4. The minimum Gasteiger partial charge on any atom is -0.497 e. The van der Waals surface area contributed by atoms with Crippen molar-refractivity contribution in [3.05, 3.63) is 46.7 Å². The van der Waals surface area contributed by atoms with E-state index < -0.39 is 23.8 Å². The number of ether oxygens (including phenoxy) is 2. The van der Waals surface area contributed by atoms with Crippen molar-refractivity contribution in [2.24, 2.45) is 5.92 Å². The van der Waals surface area contributed by atoms with Crippen LogP contribution < -0.4 is 10.1 Å². The van der Waals surface area contributed by atoms with Crippen molar-refractivity contribution in [3.63, 3.8) is 0 Å². The lowest BCUT2D eigenvalue weighted by atomic mass is 10.1. The molecule has 0 radical (unpaired) electrons. The first-order valence-corrected chi connectivity index (χ1v) is 12.5. The Morgan fingerprint density at radius 3 is 2.41 bits per heavy atom. The summed E-state index contributed by atoms with van der Waals surface area (Å²) in [5.74, 6) is 1.23. The molecule has 0 fully saturated rings. The highest BCUT2D eigenvalue weighted by Crippen LogP contribution is 2.27. The molecule has 2 atom stereocenters. The highest BCUT2D eigenvalue weighted by Gasteiger charge is 2.27. The number of alkyl carbamates (subject to hydrolysis) is 1. The number of benzene rings is 1. The number of carbonyl (C=O) groups is 1. The SMILES string of the molecule is COc1ccc(SN(CC(C)C)CC(O)C(Cc2cccs2)NC(=O)OC(C)(C)C)cc1. The van der Waals surface area contributed by atoms with Gasteiger partial charge in [0, 0.05) is 29.3 Å². The van der Waals surface area contributed by atoms with Gasteiger partial charge in [-0.05, 0) is 74.3 Å². The van der Waals surface area contributed by atoms with Gasteiger partial charge in [0.15, 0.2) is 0 Å². The van der Waals surface area contributed by atoms with Crippen molar-refractivity contribution in [3.8, 4) is 5.75 Å². The Morgan fingerprint density at radius 1 is 1.19 bits per heavy atom. The molecule has 0 spiro atoms. The molecule has 8 heteroatoms. The summed E-state index contributed by atoms with van der Waals surface area (Å²) in [5.41, 5.74) is -0.601. The average molecular weight is 481 g/mol. The molecule has 2 unspecified atom stereocenters. The molecule has 1 amide bonds. The molecule has 1 aromatic carbocycles. The van der Waals surface area contributed by atoms with E-state index in [1.807, 2.05) is 62.5 Å². The molecule has 0 saturated carbocycles. The van der Waals surface area contributed by atoms with Gasteiger partial charge >= 0.3 is 6.09 Å². The Labute approximate surface area is 200 Å². The van der Waals surface area contributed by atoms with E-state index in [1.54, 1.807) is 30.4 Å². The van der Waals surface area contributed by atoms with Crippen molar-refractivity contribution in [2.75, 3.05) is 20.2 Å². The van der Waals surface area contributed by atoms with Gasteiger partial charge in [-0.25, -0.2) is 9.10 Å². The summed E-state index contributed by atoms with van der Waals surface area (Å²) in [6.07, 6.45) is -0.744. The number of amides is 1. The molecule has 6 nitrogen and oxygen atoms in total. The van der Waals surface area contributed by atoms with Crippen LogP contribution in [0.1, 0.15) is 39.5 Å². The average Bonchev–Trinajstić information content (AvgIpc) is 3.19. The van der Waals surface area contributed by atoms with Crippen LogP contribution in [0.25, 0.3) is 0 Å². The summed E-state index contributed by atoms with van der Waals surface area (Å²) in [7, 11) is 1.65. The largest absolute Gasteiger partial charge is 0.497 e. The zero-order valence-electron chi connectivity index (χ0n) is 19.8. The second-order valence-electron chi connectivity index (χ2n) is 9.11. The van der Waals surface area contributed by atoms with Gasteiger partial charge in [0.2, 0.25) is 0 Å². The Balaban J connectivity index is 2.11. The van der Waals surface area contributed by atoms with Gasteiger partial charge in [-0.15, -0.1) is 11.3 Å². The van der Waals surface area contributed by atoms with Crippen LogP contribution in [0.3, 0.4) is 0 Å². The monoisotopic (exact) mass is 480 g/mol. The fourth-order valence-electron chi connectivity index (χ4n) is 3.07. The first-order valence-electron chi connectivity index (χ1n) is 10.8. The minimum absolute atomic E-state index is 0.403. The van der Waals surface area contributed by atoms with Gasteiger partial charge in [0.05, 0.1) is 19.3 Å². The number of methoxy groups -OCH3 is 1. The molecule has 1 aromatic heterocycles. The van der Waals surface area contributed by atoms with Crippen molar-refractivity contribution >= 4 is 29.4 Å². The van der Waals surface area contributed by atoms with Crippen LogP contribution in [-0.2, 0) is 11.2 Å². The van der Waals surface area contributed by atoms with Crippen LogP contribution in [-0.4, -0.2) is 53.5 Å². The number of hydrogen-bond donors (Lipinski definition) is 2. The summed E-state index contributed by atoms with van der Waals surface area (Å²) in [6, 6.07) is 11.4. The van der Waals surface area contributed by atoms with Gasteiger partial charge in [0.25, 0.3) is 0 Å². The fraction of sp³-hybridized carbons (Fsp3) is 0.542. The maximum Gasteiger partial charge on any atom is 0.407 e. The number of thiophene rings is 1. The lowest BCUT2D eigenvalue weighted by Crippen LogP contribution is -2.50. The number of aliphatic hydroxyl groups is 1. The smallest absolute Gasteiger partial charge is 0.407 e. The van der Waals surface area contributed by atoms with E-state index in [1.165, 1.54) is 0 Å². The number of aliphatic hydroxyl groups excluding tert-OH is 1. The summed E-state index contributed by atoms with van der Waals surface area (Å²) in [4.78, 5) is 14.6. The van der Waals surface area contributed by atoms with E-state index in [4.69, 9.17) is 9.47 Å². The summed E-state index contributed by atoms with van der Waals surface area (Å²) < 4.78 is 12.8. The number of nitrogens with zero attached hydrogens (tertiary/aromatic N) is 1. The first kappa shape index (κ1) is 26.5. The number of nitrogens with one attached hydrogen (secondary N) is 1. The molecule has 1 heterocycles. The quantitative estimate of drug-likeness (QED) is 0.430. The molecular formula is C24H36N2O4S2. The van der Waals surface area contributed by atoms with Crippen molar-refractivity contribution in [2.45, 2.75) is 63.7 Å². The predicted molar refractivity (Wildman–Crippen MR) is 132 cm³/mol. The van der Waals surface area contributed by atoms with E-state index >= 15 is 0 Å². The fourth-order valence-corrected chi connectivity index (χ4v) is 4.99. The second kappa shape index (κ2) is 12.5. The molecule has 0 bridgehead atoms. The van der Waals surface area contributed by atoms with Crippen LogP contribution in [0.15, 0.2) is 46.7 Å². The van der Waals surface area contributed by atoms with Crippen LogP contribution in [0, 0.1) is 5.92 Å². The van der Waals surface area contributed by atoms with Crippen molar-refractivity contribution in [1.82, 2.24) is 9.62 Å². The molecule has 2 aromatic rings. The molecule has 2 N–H and O–H groups in total.